The van der Waals surface area contributed by atoms with Gasteiger partial charge < -0.3 is 10.2 Å². The molecule has 2 aromatic heterocycles. The van der Waals surface area contributed by atoms with Crippen LogP contribution in [0.1, 0.15) is 49.6 Å². The fraction of sp³-hybridized carbons (Fsp3) is 0.391. The molecular formula is C23H27N5O2. The first-order valence-electron chi connectivity index (χ1n) is 10.5. The van der Waals surface area contributed by atoms with Crippen LogP contribution in [0.15, 0.2) is 53.3 Å². The zero-order valence-corrected chi connectivity index (χ0v) is 17.4. The van der Waals surface area contributed by atoms with Gasteiger partial charge in [-0.15, -0.1) is 0 Å². The second-order valence-electron chi connectivity index (χ2n) is 8.01. The van der Waals surface area contributed by atoms with Gasteiger partial charge in [0.2, 0.25) is 0 Å². The molecule has 0 aliphatic carbocycles. The Morgan fingerprint density at radius 2 is 1.97 bits per heavy atom. The number of amides is 1. The topological polar surface area (TPSA) is 80.1 Å². The van der Waals surface area contributed by atoms with Gasteiger partial charge in [-0.2, -0.15) is 5.10 Å². The van der Waals surface area contributed by atoms with E-state index in [0.717, 1.165) is 42.5 Å². The van der Waals surface area contributed by atoms with Crippen LogP contribution in [0.5, 0.6) is 0 Å². The summed E-state index contributed by atoms with van der Waals surface area (Å²) >= 11 is 0. The van der Waals surface area contributed by atoms with Crippen LogP contribution in [0.25, 0.3) is 10.9 Å². The average Bonchev–Trinajstić information content (AvgIpc) is 2.77. The Bertz CT molecular complexity index is 1110. The van der Waals surface area contributed by atoms with Gasteiger partial charge in [-0.05, 0) is 51.3 Å². The summed E-state index contributed by atoms with van der Waals surface area (Å²) in [4.78, 5) is 31.5. The van der Waals surface area contributed by atoms with E-state index >= 15 is 0 Å². The molecule has 0 bridgehead atoms. The number of anilines is 1. The van der Waals surface area contributed by atoms with E-state index in [2.05, 4.69) is 20.3 Å². The van der Waals surface area contributed by atoms with Crippen molar-refractivity contribution in [2.75, 3.05) is 18.0 Å². The molecule has 1 aromatic carbocycles. The molecule has 1 aliphatic rings. The molecule has 1 saturated heterocycles. The third-order valence-electron chi connectivity index (χ3n) is 5.55. The van der Waals surface area contributed by atoms with E-state index in [-0.39, 0.29) is 23.6 Å². The summed E-state index contributed by atoms with van der Waals surface area (Å²) in [5, 5.41) is 8.63. The fourth-order valence-corrected chi connectivity index (χ4v) is 3.95. The third kappa shape index (κ3) is 4.20. The lowest BCUT2D eigenvalue weighted by Gasteiger charge is -2.36. The molecule has 0 saturated carbocycles. The average molecular weight is 406 g/mol. The molecule has 1 N–H and O–H groups in total. The van der Waals surface area contributed by atoms with Crippen molar-refractivity contribution in [2.24, 2.45) is 0 Å². The van der Waals surface area contributed by atoms with Crippen LogP contribution in [0.4, 0.5) is 5.82 Å². The number of para-hydroxylation sites is 1. The van der Waals surface area contributed by atoms with Crippen molar-refractivity contribution in [3.8, 4) is 0 Å². The number of benzene rings is 1. The zero-order valence-electron chi connectivity index (χ0n) is 17.4. The molecule has 7 nitrogen and oxygen atoms in total. The highest BCUT2D eigenvalue weighted by molar-refractivity contribution is 5.94. The van der Waals surface area contributed by atoms with Crippen LogP contribution in [0, 0.1) is 0 Å². The second-order valence-corrected chi connectivity index (χ2v) is 8.01. The van der Waals surface area contributed by atoms with Gasteiger partial charge in [0.05, 0.1) is 11.6 Å². The Morgan fingerprint density at radius 1 is 1.13 bits per heavy atom. The van der Waals surface area contributed by atoms with E-state index in [1.54, 1.807) is 18.2 Å². The number of hydrogen-bond acceptors (Lipinski definition) is 5. The van der Waals surface area contributed by atoms with E-state index in [0.29, 0.717) is 12.2 Å². The zero-order chi connectivity index (χ0) is 21.1. The summed E-state index contributed by atoms with van der Waals surface area (Å²) in [5.74, 6) is 0.609. The molecule has 1 unspecified atom stereocenters. The van der Waals surface area contributed by atoms with Crippen LogP contribution in [-0.4, -0.2) is 39.8 Å². The van der Waals surface area contributed by atoms with E-state index in [9.17, 15) is 9.59 Å². The van der Waals surface area contributed by atoms with Crippen LogP contribution in [0.2, 0.25) is 0 Å². The molecule has 30 heavy (non-hydrogen) atoms. The SMILES string of the molecule is CC(C)n1nc(N2CCCCC2CNC(=O)c2ccc3ccccc3n2)ccc1=O. The predicted octanol–water partition coefficient (Wildman–Crippen LogP) is 3.16. The van der Waals surface area contributed by atoms with Gasteiger partial charge in [-0.3, -0.25) is 9.59 Å². The van der Waals surface area contributed by atoms with Gasteiger partial charge in [0.15, 0.2) is 0 Å². The van der Waals surface area contributed by atoms with Crippen molar-refractivity contribution in [3.05, 3.63) is 64.6 Å². The molecular weight excluding hydrogens is 378 g/mol. The molecule has 0 radical (unpaired) electrons. The largest absolute Gasteiger partial charge is 0.350 e. The molecule has 3 heterocycles. The minimum absolute atomic E-state index is 0.000582. The number of fused-ring (bicyclic) bond motifs is 1. The first-order chi connectivity index (χ1) is 14.5. The highest BCUT2D eigenvalue weighted by atomic mass is 16.2. The molecule has 1 aliphatic heterocycles. The van der Waals surface area contributed by atoms with Crippen molar-refractivity contribution in [1.29, 1.82) is 0 Å². The summed E-state index contributed by atoms with van der Waals surface area (Å²) < 4.78 is 1.51. The fourth-order valence-electron chi connectivity index (χ4n) is 3.95. The Morgan fingerprint density at radius 3 is 2.80 bits per heavy atom. The highest BCUT2D eigenvalue weighted by Gasteiger charge is 2.25. The Labute approximate surface area is 175 Å². The highest BCUT2D eigenvalue weighted by Crippen LogP contribution is 2.22. The van der Waals surface area contributed by atoms with Crippen molar-refractivity contribution >= 4 is 22.6 Å². The van der Waals surface area contributed by atoms with Crippen molar-refractivity contribution in [2.45, 2.75) is 45.2 Å². The number of hydrogen-bond donors (Lipinski definition) is 1. The number of carbonyl (C=O) groups excluding carboxylic acids is 1. The molecule has 156 valence electrons. The summed E-state index contributed by atoms with van der Waals surface area (Å²) in [7, 11) is 0. The van der Waals surface area contributed by atoms with Gasteiger partial charge in [-0.1, -0.05) is 24.3 Å². The third-order valence-corrected chi connectivity index (χ3v) is 5.55. The van der Waals surface area contributed by atoms with E-state index in [4.69, 9.17) is 0 Å². The van der Waals surface area contributed by atoms with Crippen LogP contribution in [0.3, 0.4) is 0 Å². The number of nitrogens with zero attached hydrogens (tertiary/aromatic N) is 4. The molecule has 1 atom stereocenters. The Balaban J connectivity index is 1.49. The molecule has 3 aromatic rings. The number of rotatable bonds is 5. The van der Waals surface area contributed by atoms with E-state index in [1.165, 1.54) is 4.68 Å². The quantitative estimate of drug-likeness (QED) is 0.705. The number of pyridine rings is 1. The van der Waals surface area contributed by atoms with E-state index in [1.807, 2.05) is 44.2 Å². The van der Waals surface area contributed by atoms with Crippen LogP contribution >= 0.6 is 0 Å². The van der Waals surface area contributed by atoms with Crippen LogP contribution in [-0.2, 0) is 0 Å². The van der Waals surface area contributed by atoms with Gasteiger partial charge in [0, 0.05) is 30.6 Å². The summed E-state index contributed by atoms with van der Waals surface area (Å²) in [5.41, 5.74) is 1.13. The Hall–Kier alpha value is -3.22. The summed E-state index contributed by atoms with van der Waals surface area (Å²) in [6.45, 7) is 5.26. The Kier molecular flexibility index (Phi) is 5.79. The number of aromatic nitrogens is 3. The molecule has 7 heteroatoms. The minimum Gasteiger partial charge on any atom is -0.350 e. The number of nitrogens with one attached hydrogen (secondary N) is 1. The van der Waals surface area contributed by atoms with Crippen molar-refractivity contribution in [3.63, 3.8) is 0 Å². The maximum atomic E-state index is 12.7. The van der Waals surface area contributed by atoms with Gasteiger partial charge in [0.25, 0.3) is 11.5 Å². The van der Waals surface area contributed by atoms with Gasteiger partial charge in [-0.25, -0.2) is 9.67 Å². The van der Waals surface area contributed by atoms with E-state index < -0.39 is 0 Å². The molecule has 4 rings (SSSR count). The molecule has 1 fully saturated rings. The maximum absolute atomic E-state index is 12.7. The monoisotopic (exact) mass is 405 g/mol. The van der Waals surface area contributed by atoms with Gasteiger partial charge in [0.1, 0.15) is 11.5 Å². The minimum atomic E-state index is -0.175. The normalized spacial score (nSPS) is 16.8. The van der Waals surface area contributed by atoms with Gasteiger partial charge >= 0.3 is 0 Å². The molecule has 0 spiro atoms. The lowest BCUT2D eigenvalue weighted by molar-refractivity contribution is 0.0945. The first-order valence-corrected chi connectivity index (χ1v) is 10.5. The summed E-state index contributed by atoms with van der Waals surface area (Å²) in [6.07, 6.45) is 3.14. The smallest absolute Gasteiger partial charge is 0.269 e. The predicted molar refractivity (Wildman–Crippen MR) is 118 cm³/mol. The standard InChI is InChI=1S/C23H27N5O2/c1-16(2)28-22(29)13-12-21(26-28)27-14-6-5-8-18(27)15-24-23(30)20-11-10-17-7-3-4-9-19(17)25-20/h3-4,7,9-13,16,18H,5-6,8,14-15H2,1-2H3,(H,24,30). The first kappa shape index (κ1) is 20.1. The molecule has 1 amide bonds. The lowest BCUT2D eigenvalue weighted by atomic mass is 10.0. The van der Waals surface area contributed by atoms with Crippen LogP contribution < -0.4 is 15.8 Å². The van der Waals surface area contributed by atoms with Crippen molar-refractivity contribution in [1.82, 2.24) is 20.1 Å². The maximum Gasteiger partial charge on any atom is 0.269 e. The second kappa shape index (κ2) is 8.65. The summed E-state index contributed by atoms with van der Waals surface area (Å²) in [6, 6.07) is 14.9. The number of carbonyl (C=O) groups is 1. The van der Waals surface area contributed by atoms with Crippen molar-refractivity contribution < 1.29 is 4.79 Å². The lowest BCUT2D eigenvalue weighted by Crippen LogP contribution is -2.47. The number of piperidine rings is 1.